The van der Waals surface area contributed by atoms with Crippen LogP contribution in [0, 0.1) is 5.82 Å². The van der Waals surface area contributed by atoms with E-state index in [-0.39, 0.29) is 39.6 Å². The summed E-state index contributed by atoms with van der Waals surface area (Å²) in [5.41, 5.74) is 0.593. The van der Waals surface area contributed by atoms with E-state index in [0.29, 0.717) is 17.3 Å². The number of imide groups is 1. The predicted molar refractivity (Wildman–Crippen MR) is 126 cm³/mol. The first-order valence-corrected chi connectivity index (χ1v) is 11.3. The molecule has 1 saturated heterocycles. The number of anilines is 1. The topological polar surface area (TPSA) is 102 Å². The second-order valence-electron chi connectivity index (χ2n) is 6.73. The normalized spacial score (nSPS) is 14.5. The highest BCUT2D eigenvalue weighted by atomic mass is 35.5. The Morgan fingerprint density at radius 1 is 1.18 bits per heavy atom. The molecule has 3 amide bonds. The minimum absolute atomic E-state index is 0.0517. The second-order valence-corrected chi connectivity index (χ2v) is 8.54. The van der Waals surface area contributed by atoms with Crippen molar-refractivity contribution < 1.29 is 33.0 Å². The molecule has 0 aromatic heterocycles. The summed E-state index contributed by atoms with van der Waals surface area (Å²) in [7, 11) is 0. The standard InChI is InChI=1S/C22H17Cl2FN2O6S/c1-2-32-19(29)11-33-20-15(23)6-12(7-16(20)24)8-17-21(30)27(22(31)34-17)10-18(28)26-14-5-3-4-13(25)9-14/h3-9H,2,10-11H2,1H3,(H,26,28)/b17-8+. The van der Waals surface area contributed by atoms with Gasteiger partial charge in [0.2, 0.25) is 5.91 Å². The van der Waals surface area contributed by atoms with E-state index in [9.17, 15) is 23.6 Å². The Balaban J connectivity index is 1.69. The molecule has 0 saturated carbocycles. The zero-order chi connectivity index (χ0) is 24.8. The van der Waals surface area contributed by atoms with Crippen LogP contribution in [0.15, 0.2) is 41.3 Å². The summed E-state index contributed by atoms with van der Waals surface area (Å²) in [5.74, 6) is -2.41. The molecule has 1 aliphatic heterocycles. The zero-order valence-corrected chi connectivity index (χ0v) is 19.9. The summed E-state index contributed by atoms with van der Waals surface area (Å²) in [6.45, 7) is 0.930. The summed E-state index contributed by atoms with van der Waals surface area (Å²) in [6, 6.07) is 8.10. The van der Waals surface area contributed by atoms with Crippen LogP contribution in [0.3, 0.4) is 0 Å². The molecule has 2 aromatic rings. The first kappa shape index (κ1) is 25.5. The van der Waals surface area contributed by atoms with Crippen LogP contribution in [0.25, 0.3) is 6.08 Å². The number of ether oxygens (including phenoxy) is 2. The molecule has 0 bridgehead atoms. The third-order valence-electron chi connectivity index (χ3n) is 4.24. The molecule has 0 atom stereocenters. The lowest BCUT2D eigenvalue weighted by atomic mass is 10.2. The fourth-order valence-corrected chi connectivity index (χ4v) is 4.28. The number of benzene rings is 2. The van der Waals surface area contributed by atoms with Crippen molar-refractivity contribution in [1.82, 2.24) is 4.90 Å². The zero-order valence-electron chi connectivity index (χ0n) is 17.6. The van der Waals surface area contributed by atoms with Crippen LogP contribution in [-0.2, 0) is 19.1 Å². The fourth-order valence-electron chi connectivity index (χ4n) is 2.83. The Morgan fingerprint density at radius 2 is 1.88 bits per heavy atom. The molecule has 1 fully saturated rings. The van der Waals surface area contributed by atoms with Crippen molar-refractivity contribution in [2.75, 3.05) is 25.1 Å². The van der Waals surface area contributed by atoms with Crippen LogP contribution in [-0.4, -0.2) is 47.7 Å². The molecule has 1 N–H and O–H groups in total. The van der Waals surface area contributed by atoms with E-state index in [0.717, 1.165) is 11.0 Å². The largest absolute Gasteiger partial charge is 0.479 e. The van der Waals surface area contributed by atoms with Crippen LogP contribution >= 0.6 is 35.0 Å². The average molecular weight is 527 g/mol. The number of hydrogen-bond acceptors (Lipinski definition) is 7. The van der Waals surface area contributed by atoms with E-state index in [1.165, 1.54) is 36.4 Å². The number of nitrogens with zero attached hydrogens (tertiary/aromatic N) is 1. The molecule has 1 heterocycles. The molecule has 12 heteroatoms. The van der Waals surface area contributed by atoms with Crippen LogP contribution in [0.4, 0.5) is 14.9 Å². The first-order chi connectivity index (χ1) is 16.2. The molecule has 0 radical (unpaired) electrons. The molecular formula is C22H17Cl2FN2O6S. The average Bonchev–Trinajstić information content (AvgIpc) is 3.00. The van der Waals surface area contributed by atoms with Gasteiger partial charge >= 0.3 is 5.97 Å². The Morgan fingerprint density at radius 3 is 2.53 bits per heavy atom. The van der Waals surface area contributed by atoms with Crippen molar-refractivity contribution in [1.29, 1.82) is 0 Å². The number of amides is 3. The van der Waals surface area contributed by atoms with E-state index in [4.69, 9.17) is 32.7 Å². The van der Waals surface area contributed by atoms with Gasteiger partial charge in [0.25, 0.3) is 11.1 Å². The molecule has 3 rings (SSSR count). The van der Waals surface area contributed by atoms with Gasteiger partial charge in [-0.1, -0.05) is 29.3 Å². The highest BCUT2D eigenvalue weighted by Crippen LogP contribution is 2.37. The molecule has 2 aromatic carbocycles. The number of halogens is 3. The van der Waals surface area contributed by atoms with Crippen molar-refractivity contribution in [2.45, 2.75) is 6.92 Å². The number of carbonyl (C=O) groups is 4. The number of esters is 1. The van der Waals surface area contributed by atoms with Gasteiger partial charge < -0.3 is 14.8 Å². The number of hydrogen-bond donors (Lipinski definition) is 1. The van der Waals surface area contributed by atoms with E-state index in [2.05, 4.69) is 5.32 Å². The number of thioether (sulfide) groups is 1. The summed E-state index contributed by atoms with van der Waals surface area (Å²) in [4.78, 5) is 49.5. The molecule has 0 spiro atoms. The molecule has 8 nitrogen and oxygen atoms in total. The van der Waals surface area contributed by atoms with Gasteiger partial charge in [0.05, 0.1) is 21.6 Å². The van der Waals surface area contributed by atoms with Crippen LogP contribution in [0.1, 0.15) is 12.5 Å². The van der Waals surface area contributed by atoms with Gasteiger partial charge in [-0.2, -0.15) is 0 Å². The quantitative estimate of drug-likeness (QED) is 0.391. The fraction of sp³-hybridized carbons (Fsp3) is 0.182. The van der Waals surface area contributed by atoms with Crippen molar-refractivity contribution in [3.05, 3.63) is 62.7 Å². The molecule has 1 aliphatic rings. The second kappa shape index (κ2) is 11.4. The van der Waals surface area contributed by atoms with E-state index in [1.54, 1.807) is 6.92 Å². The van der Waals surface area contributed by atoms with Gasteiger partial charge in [0.1, 0.15) is 12.4 Å². The van der Waals surface area contributed by atoms with Crippen LogP contribution in [0.2, 0.25) is 10.0 Å². The maximum Gasteiger partial charge on any atom is 0.344 e. The Bertz CT molecular complexity index is 1170. The maximum atomic E-state index is 13.3. The number of nitrogens with one attached hydrogen (secondary N) is 1. The third-order valence-corrected chi connectivity index (χ3v) is 5.71. The van der Waals surface area contributed by atoms with Gasteiger partial charge in [0.15, 0.2) is 12.4 Å². The molecule has 0 aliphatic carbocycles. The number of rotatable bonds is 8. The van der Waals surface area contributed by atoms with Crippen molar-refractivity contribution in [3.8, 4) is 5.75 Å². The van der Waals surface area contributed by atoms with Gasteiger partial charge in [0, 0.05) is 5.69 Å². The van der Waals surface area contributed by atoms with Crippen LogP contribution in [0.5, 0.6) is 5.75 Å². The van der Waals surface area contributed by atoms with E-state index in [1.807, 2.05) is 0 Å². The van der Waals surface area contributed by atoms with Gasteiger partial charge in [-0.05, 0) is 60.7 Å². The van der Waals surface area contributed by atoms with E-state index < -0.39 is 35.4 Å². The highest BCUT2D eigenvalue weighted by molar-refractivity contribution is 8.18. The van der Waals surface area contributed by atoms with Crippen LogP contribution < -0.4 is 10.1 Å². The Kier molecular flexibility index (Phi) is 8.54. The number of carbonyl (C=O) groups excluding carboxylic acids is 4. The SMILES string of the molecule is CCOC(=O)COc1c(Cl)cc(/C=C2/SC(=O)N(CC(=O)Nc3cccc(F)c3)C2=O)cc1Cl. The molecule has 0 unspecified atom stereocenters. The summed E-state index contributed by atoms with van der Waals surface area (Å²) in [6.07, 6.45) is 1.39. The van der Waals surface area contributed by atoms with Gasteiger partial charge in [-0.15, -0.1) is 0 Å². The van der Waals surface area contributed by atoms with Gasteiger partial charge in [-0.25, -0.2) is 9.18 Å². The summed E-state index contributed by atoms with van der Waals surface area (Å²) in [5, 5.41) is 1.95. The smallest absolute Gasteiger partial charge is 0.344 e. The first-order valence-electron chi connectivity index (χ1n) is 9.76. The van der Waals surface area contributed by atoms with E-state index >= 15 is 0 Å². The summed E-state index contributed by atoms with van der Waals surface area (Å²) >= 11 is 13.0. The van der Waals surface area contributed by atoms with Crippen molar-refractivity contribution in [3.63, 3.8) is 0 Å². The third kappa shape index (κ3) is 6.49. The summed E-state index contributed by atoms with van der Waals surface area (Å²) < 4.78 is 23.3. The lowest BCUT2D eigenvalue weighted by molar-refractivity contribution is -0.145. The highest BCUT2D eigenvalue weighted by Gasteiger charge is 2.36. The minimum Gasteiger partial charge on any atom is -0.479 e. The molecular weight excluding hydrogens is 510 g/mol. The van der Waals surface area contributed by atoms with Gasteiger partial charge in [-0.3, -0.25) is 19.3 Å². The van der Waals surface area contributed by atoms with Crippen molar-refractivity contribution in [2.24, 2.45) is 0 Å². The lowest BCUT2D eigenvalue weighted by Gasteiger charge is -2.12. The molecule has 34 heavy (non-hydrogen) atoms. The Labute approximate surface area is 208 Å². The molecule has 178 valence electrons. The monoisotopic (exact) mass is 526 g/mol. The minimum atomic E-state index is -0.681. The lowest BCUT2D eigenvalue weighted by Crippen LogP contribution is -2.36. The maximum absolute atomic E-state index is 13.3. The van der Waals surface area contributed by atoms with Crippen molar-refractivity contribution >= 4 is 69.8 Å². The Hall–Kier alpha value is -3.08. The predicted octanol–water partition coefficient (Wildman–Crippen LogP) is 4.75.